The minimum absolute atomic E-state index is 0.00889. The average Bonchev–Trinajstić information content (AvgIpc) is 2.80. The van der Waals surface area contributed by atoms with Gasteiger partial charge in [0.1, 0.15) is 0 Å². The minimum atomic E-state index is 0.00889. The van der Waals surface area contributed by atoms with Crippen LogP contribution in [-0.4, -0.2) is 60.0 Å². The number of piperidine rings is 1. The summed E-state index contributed by atoms with van der Waals surface area (Å²) in [6, 6.07) is 10.1. The van der Waals surface area contributed by atoms with Crippen LogP contribution in [0, 0.1) is 5.92 Å². The van der Waals surface area contributed by atoms with Crippen LogP contribution in [0.1, 0.15) is 33.1 Å². The highest BCUT2D eigenvalue weighted by molar-refractivity contribution is 5.79. The first-order chi connectivity index (χ1) is 14.2. The number of benzene rings is 1. The lowest BCUT2D eigenvalue weighted by Crippen LogP contribution is -2.44. The number of hydrogen-bond acceptors (Lipinski definition) is 5. The summed E-state index contributed by atoms with van der Waals surface area (Å²) >= 11 is 0. The molecule has 156 valence electrons. The summed E-state index contributed by atoms with van der Waals surface area (Å²) in [7, 11) is 0. The number of nitrogens with one attached hydrogen (secondary N) is 1. The maximum absolute atomic E-state index is 12.6. The van der Waals surface area contributed by atoms with E-state index in [0.717, 1.165) is 63.1 Å². The van der Waals surface area contributed by atoms with Crippen LogP contribution in [0.4, 0.5) is 5.95 Å². The number of nitrogens with zero attached hydrogens (tertiary/aromatic N) is 4. The van der Waals surface area contributed by atoms with Crippen molar-refractivity contribution in [2.75, 3.05) is 44.2 Å². The molecular formula is C23H33N5O. The lowest BCUT2D eigenvalue weighted by atomic mass is 9.97. The smallest absolute Gasteiger partial charge is 0.225 e. The Labute approximate surface area is 174 Å². The second kappa shape index (κ2) is 10.9. The molecule has 2 aromatic rings. The molecule has 1 aromatic carbocycles. The first-order valence-corrected chi connectivity index (χ1v) is 10.8. The fourth-order valence-corrected chi connectivity index (χ4v) is 3.84. The molecule has 6 heteroatoms. The topological polar surface area (TPSA) is 61.4 Å². The molecule has 0 spiro atoms. The first-order valence-electron chi connectivity index (χ1n) is 10.8. The zero-order valence-electron chi connectivity index (χ0n) is 17.7. The number of amides is 1. The Morgan fingerprint density at radius 1 is 1.14 bits per heavy atom. The Balaban J connectivity index is 1.50. The fourth-order valence-electron chi connectivity index (χ4n) is 3.84. The molecule has 1 atom stereocenters. The molecule has 0 radical (unpaired) electrons. The van der Waals surface area contributed by atoms with Crippen LogP contribution in [0.3, 0.4) is 0 Å². The van der Waals surface area contributed by atoms with E-state index in [1.54, 1.807) is 0 Å². The molecule has 1 saturated heterocycles. The highest BCUT2D eigenvalue weighted by Gasteiger charge is 2.26. The molecule has 2 heterocycles. The molecule has 29 heavy (non-hydrogen) atoms. The predicted molar refractivity (Wildman–Crippen MR) is 118 cm³/mol. The molecule has 1 aliphatic heterocycles. The summed E-state index contributed by atoms with van der Waals surface area (Å²) in [5.74, 6) is 0.883. The third kappa shape index (κ3) is 6.00. The van der Waals surface area contributed by atoms with Crippen molar-refractivity contribution in [1.29, 1.82) is 0 Å². The highest BCUT2D eigenvalue weighted by atomic mass is 16.1. The second-order valence-corrected chi connectivity index (χ2v) is 7.59. The summed E-state index contributed by atoms with van der Waals surface area (Å²) in [6.07, 6.45) is 6.65. The van der Waals surface area contributed by atoms with E-state index in [9.17, 15) is 4.79 Å². The molecule has 0 bridgehead atoms. The quantitative estimate of drug-likeness (QED) is 0.661. The van der Waals surface area contributed by atoms with Gasteiger partial charge in [-0.3, -0.25) is 4.79 Å². The maximum atomic E-state index is 12.6. The zero-order chi connectivity index (χ0) is 20.5. The second-order valence-electron chi connectivity index (χ2n) is 7.59. The van der Waals surface area contributed by atoms with Gasteiger partial charge in [0.2, 0.25) is 11.9 Å². The van der Waals surface area contributed by atoms with Crippen LogP contribution >= 0.6 is 0 Å². The van der Waals surface area contributed by atoms with Gasteiger partial charge in [0, 0.05) is 37.6 Å². The molecule has 1 N–H and O–H groups in total. The molecule has 1 amide bonds. The number of anilines is 1. The molecule has 1 fully saturated rings. The highest BCUT2D eigenvalue weighted by Crippen LogP contribution is 2.22. The van der Waals surface area contributed by atoms with Crippen LogP contribution < -0.4 is 10.2 Å². The van der Waals surface area contributed by atoms with Gasteiger partial charge in [0.15, 0.2) is 0 Å². The fraction of sp³-hybridized carbons (Fsp3) is 0.522. The Kier molecular flexibility index (Phi) is 7.99. The third-order valence-electron chi connectivity index (χ3n) is 5.67. The summed E-state index contributed by atoms with van der Waals surface area (Å²) < 4.78 is 0. The van der Waals surface area contributed by atoms with E-state index in [0.29, 0.717) is 12.5 Å². The summed E-state index contributed by atoms with van der Waals surface area (Å²) in [5.41, 5.74) is 2.12. The van der Waals surface area contributed by atoms with Gasteiger partial charge >= 0.3 is 0 Å². The van der Waals surface area contributed by atoms with Crippen molar-refractivity contribution in [3.05, 3.63) is 42.7 Å². The molecule has 0 saturated carbocycles. The van der Waals surface area contributed by atoms with Gasteiger partial charge in [0.25, 0.3) is 0 Å². The third-order valence-corrected chi connectivity index (χ3v) is 5.67. The van der Waals surface area contributed by atoms with Crippen molar-refractivity contribution in [2.45, 2.75) is 33.1 Å². The maximum Gasteiger partial charge on any atom is 0.225 e. The molecule has 1 aromatic heterocycles. The molecule has 1 aliphatic rings. The van der Waals surface area contributed by atoms with Crippen molar-refractivity contribution in [3.8, 4) is 11.1 Å². The number of hydrogen-bond donors (Lipinski definition) is 1. The van der Waals surface area contributed by atoms with Gasteiger partial charge in [-0.1, -0.05) is 44.2 Å². The largest absolute Gasteiger partial charge is 0.356 e. The Morgan fingerprint density at radius 3 is 2.55 bits per heavy atom. The van der Waals surface area contributed by atoms with Crippen molar-refractivity contribution < 1.29 is 4.79 Å². The van der Waals surface area contributed by atoms with E-state index in [2.05, 4.69) is 51.1 Å². The molecule has 6 nitrogen and oxygen atoms in total. The van der Waals surface area contributed by atoms with E-state index in [4.69, 9.17) is 0 Å². The average molecular weight is 396 g/mol. The lowest BCUT2D eigenvalue weighted by Gasteiger charge is -2.32. The Morgan fingerprint density at radius 2 is 1.86 bits per heavy atom. The number of rotatable bonds is 9. The normalized spacial score (nSPS) is 16.8. The SMILES string of the molecule is CCN(CC)CCCNC(=O)[C@H]1CCCN(c2ncc(-c3ccccc3)cn2)C1. The molecule has 3 rings (SSSR count). The van der Waals surface area contributed by atoms with E-state index < -0.39 is 0 Å². The van der Waals surface area contributed by atoms with Crippen LogP contribution in [0.5, 0.6) is 0 Å². The van der Waals surface area contributed by atoms with E-state index >= 15 is 0 Å². The van der Waals surface area contributed by atoms with Crippen LogP contribution in [-0.2, 0) is 4.79 Å². The minimum Gasteiger partial charge on any atom is -0.356 e. The van der Waals surface area contributed by atoms with Gasteiger partial charge in [-0.05, 0) is 44.5 Å². The van der Waals surface area contributed by atoms with Crippen molar-refractivity contribution in [2.24, 2.45) is 5.92 Å². The van der Waals surface area contributed by atoms with Crippen molar-refractivity contribution in [1.82, 2.24) is 20.2 Å². The number of aromatic nitrogens is 2. The Bertz CT molecular complexity index is 746. The van der Waals surface area contributed by atoms with Gasteiger partial charge in [-0.2, -0.15) is 0 Å². The Hall–Kier alpha value is -2.47. The van der Waals surface area contributed by atoms with E-state index in [1.165, 1.54) is 0 Å². The van der Waals surface area contributed by atoms with Gasteiger partial charge in [-0.25, -0.2) is 9.97 Å². The van der Waals surface area contributed by atoms with E-state index in [1.807, 2.05) is 30.6 Å². The summed E-state index contributed by atoms with van der Waals surface area (Å²) in [6.45, 7) is 9.83. The zero-order valence-corrected chi connectivity index (χ0v) is 17.7. The monoisotopic (exact) mass is 395 g/mol. The van der Waals surface area contributed by atoms with Crippen LogP contribution in [0.2, 0.25) is 0 Å². The standard InChI is InChI=1S/C23H33N5O/c1-3-27(4-2)14-9-13-24-22(29)20-12-8-15-28(18-20)23-25-16-21(17-26-23)19-10-6-5-7-11-19/h5-7,10-11,16-17,20H,3-4,8-9,12-15,18H2,1-2H3,(H,24,29)/t20-/m0/s1. The van der Waals surface area contributed by atoms with Crippen molar-refractivity contribution >= 4 is 11.9 Å². The number of carbonyl (C=O) groups excluding carboxylic acids is 1. The van der Waals surface area contributed by atoms with Gasteiger partial charge in [-0.15, -0.1) is 0 Å². The van der Waals surface area contributed by atoms with Crippen LogP contribution in [0.25, 0.3) is 11.1 Å². The van der Waals surface area contributed by atoms with Gasteiger partial charge < -0.3 is 15.1 Å². The molecule has 0 aliphatic carbocycles. The lowest BCUT2D eigenvalue weighted by molar-refractivity contribution is -0.125. The van der Waals surface area contributed by atoms with Crippen LogP contribution in [0.15, 0.2) is 42.7 Å². The predicted octanol–water partition coefficient (Wildman–Crippen LogP) is 3.21. The summed E-state index contributed by atoms with van der Waals surface area (Å²) in [5, 5.41) is 3.13. The van der Waals surface area contributed by atoms with E-state index in [-0.39, 0.29) is 11.8 Å². The summed E-state index contributed by atoms with van der Waals surface area (Å²) in [4.78, 5) is 26.3. The number of carbonyl (C=O) groups is 1. The molecular weight excluding hydrogens is 362 g/mol. The van der Waals surface area contributed by atoms with Gasteiger partial charge in [0.05, 0.1) is 5.92 Å². The molecule has 0 unspecified atom stereocenters. The van der Waals surface area contributed by atoms with Crippen molar-refractivity contribution in [3.63, 3.8) is 0 Å². The first kappa shape index (κ1) is 21.2.